The standard InChI is InChI=1S/C8H19O3P.C6H14/c1-3-5-7-10-12(9)11-8-6-4-2;1-3-5-6-4-2/h12H,3-8H2,1-2H3;3-6H2,1-2H3. The van der Waals surface area contributed by atoms with Crippen LogP contribution in [0.15, 0.2) is 0 Å². The van der Waals surface area contributed by atoms with Crippen LogP contribution in [0.25, 0.3) is 0 Å². The van der Waals surface area contributed by atoms with Gasteiger partial charge in [0.05, 0.1) is 13.2 Å². The number of rotatable bonds is 11. The molecule has 0 saturated carbocycles. The summed E-state index contributed by atoms with van der Waals surface area (Å²) in [4.78, 5) is 0. The van der Waals surface area contributed by atoms with Crippen LogP contribution in [0.2, 0.25) is 0 Å². The molecule has 0 aliphatic rings. The van der Waals surface area contributed by atoms with Crippen molar-refractivity contribution in [2.75, 3.05) is 13.2 Å². The Bertz CT molecular complexity index is 147. The van der Waals surface area contributed by atoms with Crippen LogP contribution in [-0.2, 0) is 13.6 Å². The molecule has 0 aromatic heterocycles. The van der Waals surface area contributed by atoms with Gasteiger partial charge in [0.15, 0.2) is 0 Å². The second-order valence-corrected chi connectivity index (χ2v) is 5.44. The molecule has 0 amide bonds. The highest BCUT2D eigenvalue weighted by atomic mass is 31.1. The largest absolute Gasteiger partial charge is 0.319 e. The lowest BCUT2D eigenvalue weighted by Gasteiger charge is -2.03. The van der Waals surface area contributed by atoms with Gasteiger partial charge in [-0.25, -0.2) is 0 Å². The summed E-state index contributed by atoms with van der Waals surface area (Å²) in [6.07, 6.45) is 9.56. The van der Waals surface area contributed by atoms with E-state index in [0.29, 0.717) is 13.2 Å². The molecule has 0 bridgehead atoms. The molecule has 0 atom stereocenters. The predicted octanol–water partition coefficient (Wildman–Crippen LogP) is 5.60. The monoisotopic (exact) mass is 280 g/mol. The maximum atomic E-state index is 10.9. The number of hydrogen-bond acceptors (Lipinski definition) is 3. The van der Waals surface area contributed by atoms with E-state index in [2.05, 4.69) is 27.7 Å². The van der Waals surface area contributed by atoms with Gasteiger partial charge in [-0.3, -0.25) is 4.57 Å². The van der Waals surface area contributed by atoms with E-state index in [-0.39, 0.29) is 0 Å². The molecule has 3 nitrogen and oxygen atoms in total. The van der Waals surface area contributed by atoms with Crippen molar-refractivity contribution in [2.45, 2.75) is 79.1 Å². The molecule has 0 unspecified atom stereocenters. The highest BCUT2D eigenvalue weighted by Gasteiger charge is 1.97. The number of unbranched alkanes of at least 4 members (excludes halogenated alkanes) is 5. The van der Waals surface area contributed by atoms with Gasteiger partial charge in [0.1, 0.15) is 0 Å². The maximum absolute atomic E-state index is 10.9. The predicted molar refractivity (Wildman–Crippen MR) is 80.5 cm³/mol. The fraction of sp³-hybridized carbons (Fsp3) is 1.00. The van der Waals surface area contributed by atoms with Crippen molar-refractivity contribution in [3.05, 3.63) is 0 Å². The molecular formula is C14H33O3P. The van der Waals surface area contributed by atoms with Gasteiger partial charge in [0.25, 0.3) is 0 Å². The van der Waals surface area contributed by atoms with Crippen molar-refractivity contribution in [2.24, 2.45) is 0 Å². The van der Waals surface area contributed by atoms with Crippen molar-refractivity contribution in [1.29, 1.82) is 0 Å². The number of hydrogen-bond donors (Lipinski definition) is 0. The van der Waals surface area contributed by atoms with Crippen molar-refractivity contribution < 1.29 is 13.6 Å². The first-order valence-electron chi connectivity index (χ1n) is 7.52. The van der Waals surface area contributed by atoms with Gasteiger partial charge in [-0.15, -0.1) is 0 Å². The van der Waals surface area contributed by atoms with E-state index in [0.717, 1.165) is 25.7 Å². The van der Waals surface area contributed by atoms with E-state index >= 15 is 0 Å². The summed E-state index contributed by atoms with van der Waals surface area (Å²) in [7, 11) is -2.18. The maximum Gasteiger partial charge on any atom is 0.319 e. The Morgan fingerprint density at radius 3 is 1.28 bits per heavy atom. The molecule has 0 aromatic rings. The van der Waals surface area contributed by atoms with Crippen LogP contribution in [0.4, 0.5) is 0 Å². The first-order valence-corrected chi connectivity index (χ1v) is 8.74. The van der Waals surface area contributed by atoms with E-state index in [1.165, 1.54) is 25.7 Å². The molecule has 0 radical (unpaired) electrons. The summed E-state index contributed by atoms with van der Waals surface area (Å²) in [6, 6.07) is 0. The Hall–Kier alpha value is 0.150. The summed E-state index contributed by atoms with van der Waals surface area (Å²) < 4.78 is 20.8. The smallest absolute Gasteiger partial charge is 0.311 e. The minimum absolute atomic E-state index is 0.556. The van der Waals surface area contributed by atoms with Gasteiger partial charge < -0.3 is 9.05 Å². The fourth-order valence-corrected chi connectivity index (χ4v) is 1.85. The molecule has 0 spiro atoms. The molecule has 0 N–H and O–H groups in total. The Morgan fingerprint density at radius 1 is 0.667 bits per heavy atom. The molecule has 0 aliphatic carbocycles. The zero-order valence-electron chi connectivity index (χ0n) is 12.8. The highest BCUT2D eigenvalue weighted by molar-refractivity contribution is 7.33. The van der Waals surface area contributed by atoms with E-state index in [9.17, 15) is 4.57 Å². The minimum atomic E-state index is -2.18. The average Bonchev–Trinajstić information content (AvgIpc) is 2.38. The van der Waals surface area contributed by atoms with Gasteiger partial charge >= 0.3 is 8.25 Å². The highest BCUT2D eigenvalue weighted by Crippen LogP contribution is 2.24. The van der Waals surface area contributed by atoms with E-state index in [1.54, 1.807) is 0 Å². The van der Waals surface area contributed by atoms with Crippen molar-refractivity contribution in [3.63, 3.8) is 0 Å². The summed E-state index contributed by atoms with van der Waals surface area (Å²) in [5.74, 6) is 0. The van der Waals surface area contributed by atoms with Gasteiger partial charge in [-0.1, -0.05) is 66.2 Å². The molecule has 0 fully saturated rings. The third-order valence-corrected chi connectivity index (χ3v) is 3.27. The third kappa shape index (κ3) is 21.4. The van der Waals surface area contributed by atoms with Crippen molar-refractivity contribution >= 4 is 8.25 Å². The molecule has 0 aliphatic heterocycles. The molecule has 18 heavy (non-hydrogen) atoms. The topological polar surface area (TPSA) is 35.5 Å². The first-order chi connectivity index (χ1) is 8.72. The molecule has 0 saturated heterocycles. The van der Waals surface area contributed by atoms with Crippen LogP contribution in [-0.4, -0.2) is 13.2 Å². The molecule has 112 valence electrons. The Kier molecular flexibility index (Phi) is 22.2. The lowest BCUT2D eigenvalue weighted by molar-refractivity contribution is 0.221. The molecule has 4 heteroatoms. The minimum Gasteiger partial charge on any atom is -0.311 e. The zero-order chi connectivity index (χ0) is 14.1. The second-order valence-electron chi connectivity index (χ2n) is 4.36. The van der Waals surface area contributed by atoms with E-state index in [4.69, 9.17) is 9.05 Å². The van der Waals surface area contributed by atoms with Crippen LogP contribution >= 0.6 is 8.25 Å². The SMILES string of the molecule is CCCCCC.CCCCO[PH](=O)OCCCC. The van der Waals surface area contributed by atoms with Crippen molar-refractivity contribution in [3.8, 4) is 0 Å². The van der Waals surface area contributed by atoms with Crippen LogP contribution in [0, 0.1) is 0 Å². The van der Waals surface area contributed by atoms with Gasteiger partial charge in [-0.05, 0) is 12.8 Å². The molecule has 0 rings (SSSR count). The molecule has 0 aromatic carbocycles. The lowest BCUT2D eigenvalue weighted by Crippen LogP contribution is -1.90. The third-order valence-electron chi connectivity index (χ3n) is 2.39. The van der Waals surface area contributed by atoms with E-state index in [1.807, 2.05) is 0 Å². The normalized spacial score (nSPS) is 10.3. The summed E-state index contributed by atoms with van der Waals surface area (Å²) in [5, 5.41) is 0. The van der Waals surface area contributed by atoms with Crippen LogP contribution in [0.5, 0.6) is 0 Å². The van der Waals surface area contributed by atoms with E-state index < -0.39 is 8.25 Å². The van der Waals surface area contributed by atoms with Gasteiger partial charge in [0.2, 0.25) is 0 Å². The molecule has 0 heterocycles. The average molecular weight is 280 g/mol. The van der Waals surface area contributed by atoms with Crippen LogP contribution in [0.1, 0.15) is 79.1 Å². The Labute approximate surface area is 115 Å². The second kappa shape index (κ2) is 19.5. The quantitative estimate of drug-likeness (QED) is 0.365. The van der Waals surface area contributed by atoms with Crippen molar-refractivity contribution in [1.82, 2.24) is 0 Å². The van der Waals surface area contributed by atoms with Crippen LogP contribution in [0.3, 0.4) is 0 Å². The summed E-state index contributed by atoms with van der Waals surface area (Å²) >= 11 is 0. The lowest BCUT2D eigenvalue weighted by atomic mass is 10.2. The Balaban J connectivity index is 0. The zero-order valence-corrected chi connectivity index (χ0v) is 13.8. The first kappa shape index (κ1) is 20.5. The Morgan fingerprint density at radius 2 is 1.00 bits per heavy atom. The fourth-order valence-electron chi connectivity index (χ4n) is 1.14. The van der Waals surface area contributed by atoms with Crippen LogP contribution < -0.4 is 0 Å². The summed E-state index contributed by atoms with van der Waals surface area (Å²) in [6.45, 7) is 9.71. The van der Waals surface area contributed by atoms with Gasteiger partial charge in [0, 0.05) is 0 Å². The summed E-state index contributed by atoms with van der Waals surface area (Å²) in [5.41, 5.74) is 0. The molecular weight excluding hydrogens is 247 g/mol. The van der Waals surface area contributed by atoms with Gasteiger partial charge in [-0.2, -0.15) is 0 Å².